The van der Waals surface area contributed by atoms with Crippen LogP contribution in [0.4, 0.5) is 0 Å². The highest BCUT2D eigenvalue weighted by atomic mass is 14.9. The average Bonchev–Trinajstić information content (AvgIpc) is 2.09. The van der Waals surface area contributed by atoms with Crippen LogP contribution in [0.2, 0.25) is 0 Å². The molecule has 1 heteroatoms. The van der Waals surface area contributed by atoms with Gasteiger partial charge in [0, 0.05) is 19.7 Å². The Hall–Kier alpha value is -0.0400. The van der Waals surface area contributed by atoms with Crippen LogP contribution < -0.4 is 5.32 Å². The molecular formula is C6H13N. The predicted molar refractivity (Wildman–Crippen MR) is 31.3 cm³/mol. The third-order valence-corrected chi connectivity index (χ3v) is 0.629. The van der Waals surface area contributed by atoms with E-state index in [1.165, 1.54) is 0 Å². The van der Waals surface area contributed by atoms with E-state index >= 15 is 0 Å². The van der Waals surface area contributed by atoms with E-state index in [1.54, 1.807) is 0 Å². The Kier molecular flexibility index (Phi) is 0.284. The minimum Gasteiger partial charge on any atom is -0.314 e. The summed E-state index contributed by atoms with van der Waals surface area (Å²) in [6.45, 7) is -3.85. The van der Waals surface area contributed by atoms with Crippen LogP contribution in [0.25, 0.3) is 0 Å². The van der Waals surface area contributed by atoms with Crippen molar-refractivity contribution < 1.29 is 13.7 Å². The predicted octanol–water partition coefficient (Wildman–Crippen LogP) is 1.15. The summed E-state index contributed by atoms with van der Waals surface area (Å²) in [5.74, 6) is 0. The number of rotatable bonds is 0. The molecule has 0 radical (unpaired) electrons. The molecule has 1 rings (SSSR count). The molecule has 0 spiro atoms. The van der Waals surface area contributed by atoms with Gasteiger partial charge in [0.05, 0.1) is 0 Å². The second kappa shape index (κ2) is 2.31. The zero-order valence-corrected chi connectivity index (χ0v) is 3.71. The summed E-state index contributed by atoms with van der Waals surface area (Å²) in [4.78, 5) is 0. The molecule has 1 fully saturated rings. The van der Waals surface area contributed by atoms with Crippen molar-refractivity contribution in [2.24, 2.45) is 0 Å². The molecular weight excluding hydrogens is 86.1 g/mol. The Balaban J connectivity index is 3.36. The van der Waals surface area contributed by atoms with Crippen LogP contribution in [-0.2, 0) is 0 Å². The van der Waals surface area contributed by atoms with Crippen LogP contribution in [-0.4, -0.2) is 12.6 Å². The van der Waals surface area contributed by atoms with E-state index in [0.29, 0.717) is 0 Å². The first kappa shape index (κ1) is 0.860. The van der Waals surface area contributed by atoms with Crippen molar-refractivity contribution in [1.29, 1.82) is 0 Å². The smallest absolute Gasteiger partial charge is 0.0462 e. The molecule has 0 aromatic rings. The van der Waals surface area contributed by atoms with E-state index in [1.807, 2.05) is 5.32 Å². The molecule has 0 aromatic heterocycles. The number of hydrogen-bond acceptors (Lipinski definition) is 1. The molecule has 7 heavy (non-hydrogen) atoms. The molecule has 1 atom stereocenters. The van der Waals surface area contributed by atoms with Gasteiger partial charge in [-0.15, -0.1) is 0 Å². The Bertz CT molecular complexity index is 319. The lowest BCUT2D eigenvalue weighted by Crippen LogP contribution is -2.30. The van der Waals surface area contributed by atoms with E-state index < -0.39 is 38.5 Å². The maximum Gasteiger partial charge on any atom is 0.0462 e. The van der Waals surface area contributed by atoms with Gasteiger partial charge < -0.3 is 5.32 Å². The van der Waals surface area contributed by atoms with Gasteiger partial charge in [0.2, 0.25) is 0 Å². The lowest BCUT2D eigenvalue weighted by atomic mass is 10.1. The first-order valence-corrected chi connectivity index (χ1v) is 1.96. The van der Waals surface area contributed by atoms with Crippen LogP contribution in [0.1, 0.15) is 39.7 Å². The monoisotopic (exact) mass is 109 g/mol. The summed E-state index contributed by atoms with van der Waals surface area (Å²) >= 11 is 0. The summed E-state index contributed by atoms with van der Waals surface area (Å²) in [7, 11) is 0. The third-order valence-electron chi connectivity index (χ3n) is 0.629. The second-order valence-corrected chi connectivity index (χ2v) is 1.16. The van der Waals surface area contributed by atoms with E-state index in [0.717, 1.165) is 0 Å². The standard InChI is InChI=1S/C6H13N/c1-6-4-2-3-5-7-6/h6-7H,2-5H2,1H3/i1D3,2D2,3D2,4D2,6D. The highest BCUT2D eigenvalue weighted by Gasteiger charge is 2.04. The lowest BCUT2D eigenvalue weighted by molar-refractivity contribution is 0.425. The summed E-state index contributed by atoms with van der Waals surface area (Å²) in [6.07, 6.45) is -8.87. The molecule has 1 aliphatic rings. The van der Waals surface area contributed by atoms with Crippen LogP contribution in [0.5, 0.6) is 0 Å². The molecule has 0 amide bonds. The van der Waals surface area contributed by atoms with Crippen LogP contribution in [0.3, 0.4) is 0 Å². The Morgan fingerprint density at radius 2 is 3.00 bits per heavy atom. The van der Waals surface area contributed by atoms with E-state index in [-0.39, 0.29) is 0 Å². The van der Waals surface area contributed by atoms with Crippen LogP contribution in [0, 0.1) is 0 Å². The fourth-order valence-corrected chi connectivity index (χ4v) is 0.328. The normalized spacial score (nSPS) is 88.0. The van der Waals surface area contributed by atoms with Crippen molar-refractivity contribution in [3.8, 4) is 0 Å². The van der Waals surface area contributed by atoms with Crippen molar-refractivity contribution in [3.63, 3.8) is 0 Å². The average molecular weight is 109 g/mol. The first-order chi connectivity index (χ1) is 7.21. The van der Waals surface area contributed by atoms with Crippen LogP contribution >= 0.6 is 0 Å². The third kappa shape index (κ3) is 1.48. The molecule has 0 aliphatic carbocycles. The number of hydrogen-bond donors (Lipinski definition) is 1. The summed E-state index contributed by atoms with van der Waals surface area (Å²) < 4.78 is 73.9. The zero-order valence-electron chi connectivity index (χ0n) is 13.7. The highest BCUT2D eigenvalue weighted by molar-refractivity contribution is 4.65. The topological polar surface area (TPSA) is 12.0 Å². The molecule has 42 valence electrons. The molecule has 1 unspecified atom stereocenters. The lowest BCUT2D eigenvalue weighted by Gasteiger charge is -2.18. The minimum absolute atomic E-state index is 0.735. The van der Waals surface area contributed by atoms with Gasteiger partial charge in [0.15, 0.2) is 0 Å². The Morgan fingerprint density at radius 1 is 2.00 bits per heavy atom. The van der Waals surface area contributed by atoms with Gasteiger partial charge in [-0.3, -0.25) is 0 Å². The fraction of sp³-hybridized carbons (Fsp3) is 1.00. The highest BCUT2D eigenvalue weighted by Crippen LogP contribution is 2.04. The molecule has 1 aliphatic heterocycles. The quantitative estimate of drug-likeness (QED) is 0.492. The van der Waals surface area contributed by atoms with Crippen molar-refractivity contribution >= 4 is 0 Å². The van der Waals surface area contributed by atoms with Gasteiger partial charge in [-0.1, -0.05) is 6.37 Å². The summed E-state index contributed by atoms with van der Waals surface area (Å²) in [6, 6.07) is -2.88. The second-order valence-electron chi connectivity index (χ2n) is 1.16. The minimum atomic E-state index is -3.20. The molecule has 1 heterocycles. The molecule has 0 saturated carbocycles. The van der Waals surface area contributed by atoms with Crippen molar-refractivity contribution in [2.75, 3.05) is 6.54 Å². The molecule has 0 bridgehead atoms. The molecule has 1 nitrogen and oxygen atoms in total. The Labute approximate surface area is 59.2 Å². The van der Waals surface area contributed by atoms with E-state index in [9.17, 15) is 0 Å². The van der Waals surface area contributed by atoms with Gasteiger partial charge >= 0.3 is 0 Å². The largest absolute Gasteiger partial charge is 0.314 e. The van der Waals surface area contributed by atoms with Gasteiger partial charge in [-0.05, 0) is 26.1 Å². The molecule has 1 N–H and O–H groups in total. The Morgan fingerprint density at radius 3 is 3.86 bits per heavy atom. The van der Waals surface area contributed by atoms with Gasteiger partial charge in [-0.2, -0.15) is 0 Å². The first-order valence-electron chi connectivity index (χ1n) is 6.96. The molecule has 0 aromatic carbocycles. The van der Waals surface area contributed by atoms with E-state index in [4.69, 9.17) is 13.7 Å². The summed E-state index contributed by atoms with van der Waals surface area (Å²) in [5, 5.41) is 1.99. The van der Waals surface area contributed by atoms with Gasteiger partial charge in [0.1, 0.15) is 0 Å². The number of nitrogens with one attached hydrogen (secondary N) is 1. The van der Waals surface area contributed by atoms with Crippen LogP contribution in [0.15, 0.2) is 0 Å². The van der Waals surface area contributed by atoms with Gasteiger partial charge in [0.25, 0.3) is 0 Å². The molecule has 1 saturated heterocycles. The van der Waals surface area contributed by atoms with Crippen molar-refractivity contribution in [2.45, 2.75) is 32.0 Å². The van der Waals surface area contributed by atoms with Gasteiger partial charge in [-0.25, -0.2) is 0 Å². The van der Waals surface area contributed by atoms with Crippen molar-refractivity contribution in [3.05, 3.63) is 0 Å². The zero-order chi connectivity index (χ0) is 13.9. The maximum atomic E-state index is 7.65. The summed E-state index contributed by atoms with van der Waals surface area (Å²) in [5.41, 5.74) is 0. The fourth-order valence-electron chi connectivity index (χ4n) is 0.328. The SMILES string of the molecule is [2H]C([2H])([2H])C1([2H])NCC([2H])([2H])C([2H])([2H])C1([2H])[2H]. The maximum absolute atomic E-state index is 7.65. The van der Waals surface area contributed by atoms with E-state index in [2.05, 4.69) is 0 Å². The van der Waals surface area contributed by atoms with Crippen molar-refractivity contribution in [1.82, 2.24) is 5.32 Å². The number of piperidine rings is 1.